The molecule has 0 spiro atoms. The summed E-state index contributed by atoms with van der Waals surface area (Å²) in [7, 11) is 0. The summed E-state index contributed by atoms with van der Waals surface area (Å²) in [5.74, 6) is 1.13. The third-order valence-corrected chi connectivity index (χ3v) is 7.86. The molecule has 5 rings (SSSR count). The maximum atomic E-state index is 13.6. The summed E-state index contributed by atoms with van der Waals surface area (Å²) in [5.41, 5.74) is 2.86. The first kappa shape index (κ1) is 22.8. The predicted octanol–water partition coefficient (Wildman–Crippen LogP) is 4.64. The van der Waals surface area contributed by atoms with Crippen LogP contribution in [0.4, 0.5) is 5.82 Å². The van der Waals surface area contributed by atoms with E-state index in [1.807, 2.05) is 49.4 Å². The molecule has 6 nitrogen and oxygen atoms in total. The standard InChI is InChI=1S/C26H26N4O2S2/c1-17-10-13-28(14-11-17)23-20(24(31)29-12-6-7-18(2)22(29)27-23)15-21-25(32)30(26(33)34-21)16-19-8-4-3-5-9-19/h3-9,12,15,17H,10-11,13-14,16H2,1-2H3/b21-15+. The Labute approximate surface area is 208 Å². The fraction of sp³-hybridized carbons (Fsp3) is 0.308. The molecule has 0 atom stereocenters. The largest absolute Gasteiger partial charge is 0.356 e. The number of carbonyl (C=O) groups excluding carboxylic acids is 1. The number of rotatable bonds is 4. The molecule has 174 valence electrons. The van der Waals surface area contributed by atoms with E-state index in [4.69, 9.17) is 17.2 Å². The van der Waals surface area contributed by atoms with Crippen molar-refractivity contribution in [3.8, 4) is 0 Å². The van der Waals surface area contributed by atoms with Gasteiger partial charge < -0.3 is 4.90 Å². The Kier molecular flexibility index (Phi) is 6.27. The minimum atomic E-state index is -0.175. The minimum Gasteiger partial charge on any atom is -0.356 e. The molecule has 0 aliphatic carbocycles. The molecule has 0 N–H and O–H groups in total. The second-order valence-corrected chi connectivity index (χ2v) is 10.6. The average molecular weight is 491 g/mol. The van der Waals surface area contributed by atoms with Crippen LogP contribution in [0.1, 0.15) is 36.5 Å². The minimum absolute atomic E-state index is 0.171. The Morgan fingerprint density at radius 3 is 2.59 bits per heavy atom. The Morgan fingerprint density at radius 2 is 1.85 bits per heavy atom. The number of nitrogens with zero attached hydrogens (tertiary/aromatic N) is 4. The van der Waals surface area contributed by atoms with Gasteiger partial charge in [0.1, 0.15) is 15.8 Å². The average Bonchev–Trinajstić information content (AvgIpc) is 3.10. The molecule has 2 saturated heterocycles. The molecule has 2 aromatic heterocycles. The molecule has 0 unspecified atom stereocenters. The predicted molar refractivity (Wildman–Crippen MR) is 142 cm³/mol. The lowest BCUT2D eigenvalue weighted by molar-refractivity contribution is -0.122. The number of benzene rings is 1. The van der Waals surface area contributed by atoms with Crippen LogP contribution in [0.15, 0.2) is 58.4 Å². The number of pyridine rings is 1. The highest BCUT2D eigenvalue weighted by atomic mass is 32.2. The topological polar surface area (TPSA) is 57.9 Å². The van der Waals surface area contributed by atoms with Crippen molar-refractivity contribution in [2.45, 2.75) is 33.2 Å². The summed E-state index contributed by atoms with van der Waals surface area (Å²) in [6.45, 7) is 6.30. The number of carbonyl (C=O) groups is 1. The van der Waals surface area contributed by atoms with Crippen molar-refractivity contribution in [1.82, 2.24) is 14.3 Å². The molecular weight excluding hydrogens is 464 g/mol. The molecule has 8 heteroatoms. The maximum Gasteiger partial charge on any atom is 0.267 e. The number of thioether (sulfide) groups is 1. The first-order valence-corrected chi connectivity index (χ1v) is 12.7. The number of fused-ring (bicyclic) bond motifs is 1. The van der Waals surface area contributed by atoms with Gasteiger partial charge in [0.25, 0.3) is 11.5 Å². The fourth-order valence-corrected chi connectivity index (χ4v) is 5.66. The molecule has 34 heavy (non-hydrogen) atoms. The van der Waals surface area contributed by atoms with Gasteiger partial charge in [0, 0.05) is 19.3 Å². The third kappa shape index (κ3) is 4.28. The van der Waals surface area contributed by atoms with Gasteiger partial charge in [-0.1, -0.05) is 67.3 Å². The SMILES string of the molecule is Cc1cccn2c(=O)c(/C=C3/SC(=S)N(Cc4ccccc4)C3=O)c(N3CCC(C)CC3)nc12. The molecule has 4 heterocycles. The van der Waals surface area contributed by atoms with Crippen LogP contribution in [0, 0.1) is 12.8 Å². The van der Waals surface area contributed by atoms with E-state index in [9.17, 15) is 9.59 Å². The molecular formula is C26H26N4O2S2. The van der Waals surface area contributed by atoms with Crippen molar-refractivity contribution in [2.75, 3.05) is 18.0 Å². The van der Waals surface area contributed by atoms with Gasteiger partial charge >= 0.3 is 0 Å². The summed E-state index contributed by atoms with van der Waals surface area (Å²) in [6.07, 6.45) is 5.53. The van der Waals surface area contributed by atoms with Gasteiger partial charge in [-0.2, -0.15) is 0 Å². The van der Waals surface area contributed by atoms with Crippen molar-refractivity contribution in [1.29, 1.82) is 0 Å². The summed E-state index contributed by atoms with van der Waals surface area (Å²) in [5, 5.41) is 0. The number of thiocarbonyl (C=S) groups is 1. The van der Waals surface area contributed by atoms with Crippen LogP contribution in [-0.4, -0.2) is 37.6 Å². The van der Waals surface area contributed by atoms with Crippen LogP contribution < -0.4 is 10.5 Å². The van der Waals surface area contributed by atoms with E-state index >= 15 is 0 Å². The van der Waals surface area contributed by atoms with Gasteiger partial charge in [-0.05, 0) is 49.0 Å². The number of piperidine rings is 1. The summed E-state index contributed by atoms with van der Waals surface area (Å²) < 4.78 is 2.07. The molecule has 2 aliphatic rings. The van der Waals surface area contributed by atoms with Gasteiger partial charge in [0.05, 0.1) is 17.0 Å². The lowest BCUT2D eigenvalue weighted by Crippen LogP contribution is -2.36. The van der Waals surface area contributed by atoms with Crippen LogP contribution in [0.25, 0.3) is 11.7 Å². The normalized spacial score (nSPS) is 18.5. The molecule has 1 amide bonds. The van der Waals surface area contributed by atoms with Crippen LogP contribution in [0.3, 0.4) is 0 Å². The molecule has 0 radical (unpaired) electrons. The van der Waals surface area contributed by atoms with Gasteiger partial charge in [-0.15, -0.1) is 0 Å². The van der Waals surface area contributed by atoms with Crippen molar-refractivity contribution < 1.29 is 4.79 Å². The van der Waals surface area contributed by atoms with Crippen molar-refractivity contribution in [3.63, 3.8) is 0 Å². The van der Waals surface area contributed by atoms with Gasteiger partial charge in [0.2, 0.25) is 0 Å². The van der Waals surface area contributed by atoms with Gasteiger partial charge in [-0.3, -0.25) is 18.9 Å². The zero-order valence-electron chi connectivity index (χ0n) is 19.2. The first-order chi connectivity index (χ1) is 16.4. The highest BCUT2D eigenvalue weighted by Crippen LogP contribution is 2.35. The Morgan fingerprint density at radius 1 is 1.12 bits per heavy atom. The van der Waals surface area contributed by atoms with Crippen molar-refractivity contribution in [3.05, 3.63) is 80.6 Å². The van der Waals surface area contributed by atoms with Gasteiger partial charge in [0.15, 0.2) is 0 Å². The summed E-state index contributed by atoms with van der Waals surface area (Å²) in [4.78, 5) is 36.1. The Balaban J connectivity index is 1.58. The van der Waals surface area contributed by atoms with Crippen LogP contribution >= 0.6 is 24.0 Å². The van der Waals surface area contributed by atoms with Gasteiger partial charge in [-0.25, -0.2) is 4.98 Å². The smallest absolute Gasteiger partial charge is 0.267 e. The first-order valence-electron chi connectivity index (χ1n) is 11.5. The summed E-state index contributed by atoms with van der Waals surface area (Å²) >= 11 is 6.77. The lowest BCUT2D eigenvalue weighted by Gasteiger charge is -2.32. The van der Waals surface area contributed by atoms with E-state index in [1.54, 1.807) is 21.6 Å². The molecule has 1 aromatic carbocycles. The highest BCUT2D eigenvalue weighted by molar-refractivity contribution is 8.26. The second kappa shape index (κ2) is 9.35. The van der Waals surface area contributed by atoms with Crippen molar-refractivity contribution >= 4 is 51.7 Å². The summed E-state index contributed by atoms with van der Waals surface area (Å²) in [6, 6.07) is 13.6. The van der Waals surface area contributed by atoms with E-state index in [0.717, 1.165) is 37.1 Å². The maximum absolute atomic E-state index is 13.6. The van der Waals surface area contributed by atoms with E-state index in [-0.39, 0.29) is 11.5 Å². The van der Waals surface area contributed by atoms with E-state index in [0.29, 0.717) is 38.7 Å². The van der Waals surface area contributed by atoms with Crippen LogP contribution in [-0.2, 0) is 11.3 Å². The number of anilines is 1. The zero-order chi connectivity index (χ0) is 23.8. The molecule has 0 bridgehead atoms. The second-order valence-electron chi connectivity index (χ2n) is 8.96. The molecule has 2 aliphatic heterocycles. The fourth-order valence-electron chi connectivity index (χ4n) is 4.42. The third-order valence-electron chi connectivity index (χ3n) is 6.48. The number of hydrogen-bond donors (Lipinski definition) is 0. The zero-order valence-corrected chi connectivity index (χ0v) is 20.9. The Bertz CT molecular complexity index is 1360. The van der Waals surface area contributed by atoms with Crippen molar-refractivity contribution in [2.24, 2.45) is 5.92 Å². The van der Waals surface area contributed by atoms with E-state index in [2.05, 4.69) is 11.8 Å². The highest BCUT2D eigenvalue weighted by Gasteiger charge is 2.33. The van der Waals surface area contributed by atoms with Crippen LogP contribution in [0.2, 0.25) is 0 Å². The Hall–Kier alpha value is -2.97. The number of aryl methyl sites for hydroxylation is 1. The quantitative estimate of drug-likeness (QED) is 0.392. The monoisotopic (exact) mass is 490 g/mol. The lowest BCUT2D eigenvalue weighted by atomic mass is 9.99. The molecule has 3 aromatic rings. The van der Waals surface area contributed by atoms with E-state index < -0.39 is 0 Å². The number of amides is 1. The van der Waals surface area contributed by atoms with Crippen LogP contribution in [0.5, 0.6) is 0 Å². The molecule has 0 saturated carbocycles. The number of aromatic nitrogens is 2. The van der Waals surface area contributed by atoms with E-state index in [1.165, 1.54) is 11.8 Å². The molecule has 2 fully saturated rings. The number of hydrogen-bond acceptors (Lipinski definition) is 6.